The van der Waals surface area contributed by atoms with Crippen LogP contribution in [0.25, 0.3) is 6.08 Å². The lowest BCUT2D eigenvalue weighted by Gasteiger charge is -2.21. The molecule has 8 nitrogen and oxygen atoms in total. The molecule has 1 aliphatic rings. The fourth-order valence-corrected chi connectivity index (χ4v) is 6.87. The average molecular weight is 666 g/mol. The quantitative estimate of drug-likeness (QED) is 0.136. The number of furan rings is 1. The van der Waals surface area contributed by atoms with Gasteiger partial charge in [0.05, 0.1) is 29.7 Å². The summed E-state index contributed by atoms with van der Waals surface area (Å²) in [6, 6.07) is 21.8. The Morgan fingerprint density at radius 2 is 1.49 bits per heavy atom. The Bertz CT molecular complexity index is 1920. The van der Waals surface area contributed by atoms with Crippen LogP contribution in [0.15, 0.2) is 105 Å². The van der Waals surface area contributed by atoms with E-state index in [0.717, 1.165) is 16.7 Å². The summed E-state index contributed by atoms with van der Waals surface area (Å²) in [4.78, 5) is 28.2. The summed E-state index contributed by atoms with van der Waals surface area (Å²) in [6.07, 6.45) is 1.47. The van der Waals surface area contributed by atoms with Crippen LogP contribution in [0, 0.1) is 13.8 Å². The molecule has 1 aromatic heterocycles. The van der Waals surface area contributed by atoms with Crippen LogP contribution < -0.4 is 4.90 Å². The number of anilines is 1. The van der Waals surface area contributed by atoms with Crippen LogP contribution in [0.5, 0.6) is 0 Å². The van der Waals surface area contributed by atoms with E-state index in [4.69, 9.17) is 32.4 Å². The third-order valence-electron chi connectivity index (χ3n) is 7.28. The SMILES string of the molecule is COC(=O)C1=C(C)N(c2cc(C)cc(C)c2)C(=O)/C1=C/c1ccc(CN(Cc2ccc(Cl)cc2)S(=O)(=O)c2ccc(Cl)cc2)o1. The largest absolute Gasteiger partial charge is 0.465 e. The molecule has 0 saturated heterocycles. The molecule has 0 fully saturated rings. The molecule has 3 aromatic carbocycles. The Labute approximate surface area is 272 Å². The number of nitrogens with zero attached hydrogens (tertiary/aromatic N) is 2. The molecule has 45 heavy (non-hydrogen) atoms. The smallest absolute Gasteiger partial charge is 0.340 e. The van der Waals surface area contributed by atoms with Gasteiger partial charge in [0.2, 0.25) is 10.0 Å². The van der Waals surface area contributed by atoms with Gasteiger partial charge in [-0.05, 0) is 104 Å². The van der Waals surface area contributed by atoms with Gasteiger partial charge in [-0.15, -0.1) is 0 Å². The molecule has 0 N–H and O–H groups in total. The Balaban J connectivity index is 1.49. The van der Waals surface area contributed by atoms with Crippen molar-refractivity contribution in [2.24, 2.45) is 0 Å². The first-order valence-corrected chi connectivity index (χ1v) is 16.1. The first-order chi connectivity index (χ1) is 21.4. The maximum Gasteiger partial charge on any atom is 0.340 e. The van der Waals surface area contributed by atoms with Crippen molar-refractivity contribution < 1.29 is 27.2 Å². The van der Waals surface area contributed by atoms with Gasteiger partial charge in [0, 0.05) is 28.0 Å². The molecule has 0 radical (unpaired) electrons. The molecule has 0 atom stereocenters. The molecular formula is C34H30Cl2N2O6S. The van der Waals surface area contributed by atoms with Crippen molar-refractivity contribution in [3.63, 3.8) is 0 Å². The second kappa shape index (κ2) is 13.1. The minimum Gasteiger partial charge on any atom is -0.465 e. The van der Waals surface area contributed by atoms with Gasteiger partial charge in [0.15, 0.2) is 0 Å². The number of sulfonamides is 1. The number of allylic oxidation sites excluding steroid dienone is 1. The predicted octanol–water partition coefficient (Wildman–Crippen LogP) is 7.47. The Kier molecular flexibility index (Phi) is 9.36. The van der Waals surface area contributed by atoms with Crippen LogP contribution in [0.2, 0.25) is 10.0 Å². The third kappa shape index (κ3) is 6.92. The van der Waals surface area contributed by atoms with Gasteiger partial charge in [0.25, 0.3) is 5.91 Å². The molecule has 0 saturated carbocycles. The number of hydrogen-bond acceptors (Lipinski definition) is 6. The van der Waals surface area contributed by atoms with Crippen LogP contribution in [0.4, 0.5) is 5.69 Å². The maximum atomic E-state index is 13.8. The van der Waals surface area contributed by atoms with Crippen LogP contribution in [-0.4, -0.2) is 31.7 Å². The first kappa shape index (κ1) is 32.2. The van der Waals surface area contributed by atoms with E-state index in [0.29, 0.717) is 27.2 Å². The topological polar surface area (TPSA) is 97.1 Å². The van der Waals surface area contributed by atoms with Crippen LogP contribution in [-0.2, 0) is 37.4 Å². The fourth-order valence-electron chi connectivity index (χ4n) is 5.22. The number of carbonyl (C=O) groups is 2. The highest BCUT2D eigenvalue weighted by Crippen LogP contribution is 2.36. The number of ether oxygens (including phenoxy) is 1. The molecule has 2 heterocycles. The first-order valence-electron chi connectivity index (χ1n) is 13.9. The van der Waals surface area contributed by atoms with Crippen molar-refractivity contribution in [1.29, 1.82) is 0 Å². The van der Waals surface area contributed by atoms with Crippen molar-refractivity contribution in [1.82, 2.24) is 4.31 Å². The summed E-state index contributed by atoms with van der Waals surface area (Å²) in [5.41, 5.74) is 3.94. The van der Waals surface area contributed by atoms with E-state index in [2.05, 4.69) is 0 Å². The maximum absolute atomic E-state index is 13.8. The summed E-state index contributed by atoms with van der Waals surface area (Å²) in [5.74, 6) is -0.482. The number of esters is 1. The van der Waals surface area contributed by atoms with E-state index in [1.165, 1.54) is 46.7 Å². The summed E-state index contributed by atoms with van der Waals surface area (Å²) >= 11 is 12.0. The summed E-state index contributed by atoms with van der Waals surface area (Å²) in [7, 11) is -2.73. The number of amides is 1. The van der Waals surface area contributed by atoms with E-state index >= 15 is 0 Å². The number of halogens is 2. The molecule has 0 bridgehead atoms. The van der Waals surface area contributed by atoms with Crippen LogP contribution >= 0.6 is 23.2 Å². The van der Waals surface area contributed by atoms with Gasteiger partial charge in [-0.3, -0.25) is 9.69 Å². The number of benzene rings is 3. The lowest BCUT2D eigenvalue weighted by atomic mass is 10.1. The third-order valence-corrected chi connectivity index (χ3v) is 9.59. The van der Waals surface area contributed by atoms with Crippen molar-refractivity contribution >= 4 is 56.9 Å². The van der Waals surface area contributed by atoms with E-state index in [1.807, 2.05) is 32.0 Å². The van der Waals surface area contributed by atoms with Crippen LogP contribution in [0.3, 0.4) is 0 Å². The summed E-state index contributed by atoms with van der Waals surface area (Å²) < 4.78 is 39.8. The van der Waals surface area contributed by atoms with Crippen molar-refractivity contribution in [2.75, 3.05) is 12.0 Å². The van der Waals surface area contributed by atoms with Gasteiger partial charge < -0.3 is 9.15 Å². The van der Waals surface area contributed by atoms with Gasteiger partial charge in [-0.2, -0.15) is 4.31 Å². The molecule has 0 spiro atoms. The fraction of sp³-hybridized carbons (Fsp3) is 0.176. The zero-order valence-electron chi connectivity index (χ0n) is 25.0. The second-order valence-electron chi connectivity index (χ2n) is 10.7. The average Bonchev–Trinajstić information content (AvgIpc) is 3.53. The highest BCUT2D eigenvalue weighted by molar-refractivity contribution is 7.89. The second-order valence-corrected chi connectivity index (χ2v) is 13.5. The van der Waals surface area contributed by atoms with E-state index < -0.39 is 21.9 Å². The van der Waals surface area contributed by atoms with E-state index in [9.17, 15) is 18.0 Å². The number of aryl methyl sites for hydroxylation is 2. The van der Waals surface area contributed by atoms with E-state index in [1.54, 1.807) is 43.3 Å². The molecule has 11 heteroatoms. The number of hydrogen-bond donors (Lipinski definition) is 0. The van der Waals surface area contributed by atoms with E-state index in [-0.39, 0.29) is 34.9 Å². The highest BCUT2D eigenvalue weighted by atomic mass is 35.5. The minimum atomic E-state index is -3.99. The van der Waals surface area contributed by atoms with Crippen LogP contribution in [0.1, 0.15) is 35.1 Å². The molecule has 1 amide bonds. The highest BCUT2D eigenvalue weighted by Gasteiger charge is 2.38. The number of rotatable bonds is 9. The number of carbonyl (C=O) groups excluding carboxylic acids is 2. The van der Waals surface area contributed by atoms with Crippen molar-refractivity contribution in [3.05, 3.63) is 134 Å². The number of methoxy groups -OCH3 is 1. The monoisotopic (exact) mass is 664 g/mol. The van der Waals surface area contributed by atoms with Crippen molar-refractivity contribution in [3.8, 4) is 0 Å². The standard InChI is InChI=1S/C34H30Cl2N2O6S/c1-21-15-22(2)17-27(16-21)38-23(3)32(34(40)43-4)31(33(38)39)18-28-11-12-29(44-28)20-37(19-24-5-7-25(35)8-6-24)45(41,42)30-13-9-26(36)10-14-30/h5-18H,19-20H2,1-4H3/b31-18+. The molecule has 1 aliphatic heterocycles. The van der Waals surface area contributed by atoms with Crippen molar-refractivity contribution in [2.45, 2.75) is 38.8 Å². The summed E-state index contributed by atoms with van der Waals surface area (Å²) in [6.45, 7) is 5.48. The van der Waals surface area contributed by atoms with Gasteiger partial charge in [0.1, 0.15) is 11.5 Å². The lowest BCUT2D eigenvalue weighted by Crippen LogP contribution is -2.30. The Morgan fingerprint density at radius 1 is 0.889 bits per heavy atom. The Morgan fingerprint density at radius 3 is 2.09 bits per heavy atom. The molecule has 4 aromatic rings. The van der Waals surface area contributed by atoms with Gasteiger partial charge in [-0.25, -0.2) is 13.2 Å². The molecule has 0 aliphatic carbocycles. The molecule has 5 rings (SSSR count). The lowest BCUT2D eigenvalue weighted by molar-refractivity contribution is -0.136. The van der Waals surface area contributed by atoms with Gasteiger partial charge >= 0.3 is 5.97 Å². The minimum absolute atomic E-state index is 0.0387. The molecular weight excluding hydrogens is 635 g/mol. The van der Waals surface area contributed by atoms with Gasteiger partial charge in [-0.1, -0.05) is 41.4 Å². The summed E-state index contributed by atoms with van der Waals surface area (Å²) in [5, 5.41) is 0.942. The predicted molar refractivity (Wildman–Crippen MR) is 174 cm³/mol. The molecule has 0 unspecified atom stereocenters. The zero-order valence-corrected chi connectivity index (χ0v) is 27.3. The normalized spacial score (nSPS) is 14.6. The molecule has 232 valence electrons. The zero-order chi connectivity index (χ0) is 32.5. The Hall–Kier alpha value is -4.15.